The van der Waals surface area contributed by atoms with E-state index in [1.807, 2.05) is 30.3 Å². The Morgan fingerprint density at radius 1 is 1.03 bits per heavy atom. The number of nitrogens with one attached hydrogen (secondary N) is 1. The van der Waals surface area contributed by atoms with E-state index < -0.39 is 12.1 Å². The lowest BCUT2D eigenvalue weighted by molar-refractivity contribution is 0.217. The first kappa shape index (κ1) is 21.5. The van der Waals surface area contributed by atoms with Gasteiger partial charge in [0.1, 0.15) is 35.4 Å². The Balaban J connectivity index is 1.63. The first-order valence-electron chi connectivity index (χ1n) is 10.9. The molecule has 0 aliphatic carbocycles. The Morgan fingerprint density at radius 2 is 1.86 bits per heavy atom. The van der Waals surface area contributed by atoms with Crippen LogP contribution in [0.4, 0.5) is 10.3 Å². The van der Waals surface area contributed by atoms with Crippen LogP contribution < -0.4 is 19.5 Å². The van der Waals surface area contributed by atoms with Gasteiger partial charge in [-0.05, 0) is 48.0 Å². The third-order valence-corrected chi connectivity index (χ3v) is 6.52. The van der Waals surface area contributed by atoms with Gasteiger partial charge in [-0.3, -0.25) is 0 Å². The van der Waals surface area contributed by atoms with Crippen LogP contribution in [-0.4, -0.2) is 29.0 Å². The van der Waals surface area contributed by atoms with Crippen molar-refractivity contribution in [2.75, 3.05) is 19.5 Å². The Labute approximate surface area is 205 Å². The van der Waals surface area contributed by atoms with Gasteiger partial charge in [-0.25, -0.2) is 9.07 Å². The van der Waals surface area contributed by atoms with Gasteiger partial charge in [0.05, 0.1) is 19.9 Å². The van der Waals surface area contributed by atoms with E-state index in [2.05, 4.69) is 15.4 Å². The topological polar surface area (TPSA) is 70.4 Å². The maximum absolute atomic E-state index is 13.8. The van der Waals surface area contributed by atoms with Crippen molar-refractivity contribution in [3.05, 3.63) is 100 Å². The predicted molar refractivity (Wildman–Crippen MR) is 129 cm³/mol. The lowest BCUT2D eigenvalue weighted by Gasteiger charge is -2.39. The smallest absolute Gasteiger partial charge is 0.226 e. The number of hydrogen-bond donors (Lipinski definition) is 1. The number of anilines is 1. The van der Waals surface area contributed by atoms with Crippen molar-refractivity contribution in [3.8, 4) is 17.2 Å². The second-order valence-electron chi connectivity index (χ2n) is 8.18. The van der Waals surface area contributed by atoms with E-state index >= 15 is 0 Å². The number of benzene rings is 3. The third-order valence-electron chi connectivity index (χ3n) is 6.28. The number of ether oxygens (including phenoxy) is 3. The molecule has 0 bridgehead atoms. The number of nitrogens with zero attached hydrogens (tertiary/aromatic N) is 3. The molecule has 0 spiro atoms. The number of halogens is 2. The summed E-state index contributed by atoms with van der Waals surface area (Å²) in [4.78, 5) is 4.41. The van der Waals surface area contributed by atoms with Crippen LogP contribution in [-0.2, 0) is 0 Å². The molecule has 0 saturated carbocycles. The molecule has 0 amide bonds. The standard InChI is InChI=1S/C26H20ClFN4O3/c1-33-17-8-9-18(21(12-17)34-2)25-22-23(19-11-15(27)5-10-20(19)35-25)31-26-29-13-30-32(26)24(22)14-3-6-16(28)7-4-14/h3-13,24-25H,1-2H3,(H,29,30,31)/t24-,25+/m1/s1. The second-order valence-corrected chi connectivity index (χ2v) is 8.62. The minimum absolute atomic E-state index is 0.318. The first-order valence-corrected chi connectivity index (χ1v) is 11.3. The Kier molecular flexibility index (Phi) is 5.11. The van der Waals surface area contributed by atoms with E-state index in [0.717, 1.165) is 28.0 Å². The molecule has 4 aromatic rings. The van der Waals surface area contributed by atoms with Crippen LogP contribution in [0.15, 0.2) is 72.6 Å². The van der Waals surface area contributed by atoms with Gasteiger partial charge in [0.15, 0.2) is 6.10 Å². The van der Waals surface area contributed by atoms with E-state index in [0.29, 0.717) is 28.2 Å². The highest BCUT2D eigenvalue weighted by molar-refractivity contribution is 6.30. The van der Waals surface area contributed by atoms with Gasteiger partial charge < -0.3 is 19.5 Å². The van der Waals surface area contributed by atoms with Crippen LogP contribution in [0.1, 0.15) is 28.8 Å². The molecule has 0 unspecified atom stereocenters. The molecule has 35 heavy (non-hydrogen) atoms. The predicted octanol–water partition coefficient (Wildman–Crippen LogP) is 5.65. The average Bonchev–Trinajstić information content (AvgIpc) is 3.36. The third kappa shape index (κ3) is 3.49. The van der Waals surface area contributed by atoms with Crippen LogP contribution in [0.3, 0.4) is 0 Å². The molecule has 0 fully saturated rings. The van der Waals surface area contributed by atoms with E-state index in [9.17, 15) is 4.39 Å². The summed E-state index contributed by atoms with van der Waals surface area (Å²) in [6, 6.07) is 17.0. The summed E-state index contributed by atoms with van der Waals surface area (Å²) >= 11 is 6.38. The maximum atomic E-state index is 13.8. The number of rotatable bonds is 4. The molecule has 176 valence electrons. The summed E-state index contributed by atoms with van der Waals surface area (Å²) in [5.74, 6) is 2.18. The molecule has 3 aromatic carbocycles. The fourth-order valence-electron chi connectivity index (χ4n) is 4.70. The van der Waals surface area contributed by atoms with Crippen molar-refractivity contribution >= 4 is 23.2 Å². The summed E-state index contributed by atoms with van der Waals surface area (Å²) in [6.07, 6.45) is 0.930. The summed E-state index contributed by atoms with van der Waals surface area (Å²) in [5, 5.41) is 8.48. The minimum atomic E-state index is -0.556. The Bertz CT molecular complexity index is 1470. The lowest BCUT2D eigenvalue weighted by atomic mass is 9.84. The largest absolute Gasteiger partial charge is 0.497 e. The van der Waals surface area contributed by atoms with Gasteiger partial charge in [-0.15, -0.1) is 0 Å². The highest BCUT2D eigenvalue weighted by Gasteiger charge is 2.42. The molecule has 9 heteroatoms. The molecule has 2 aliphatic heterocycles. The van der Waals surface area contributed by atoms with Crippen molar-refractivity contribution in [1.82, 2.24) is 14.8 Å². The number of hydrogen-bond acceptors (Lipinski definition) is 6. The van der Waals surface area contributed by atoms with Crippen LogP contribution in [0.5, 0.6) is 17.2 Å². The lowest BCUT2D eigenvalue weighted by Crippen LogP contribution is -2.32. The van der Waals surface area contributed by atoms with Crippen LogP contribution in [0, 0.1) is 5.82 Å². The Morgan fingerprint density at radius 3 is 2.63 bits per heavy atom. The summed E-state index contributed by atoms with van der Waals surface area (Å²) < 4.78 is 33.4. The fraction of sp³-hybridized carbons (Fsp3) is 0.154. The average molecular weight is 491 g/mol. The molecular weight excluding hydrogens is 471 g/mol. The van der Waals surface area contributed by atoms with Crippen LogP contribution in [0.25, 0.3) is 5.70 Å². The SMILES string of the molecule is COc1ccc([C@@H]2Oc3ccc(Cl)cc3C3=C2[C@@H](c2ccc(F)cc2)n2ncnc2N3)c(OC)c1. The number of fused-ring (bicyclic) bond motifs is 3. The molecular formula is C26H20ClFN4O3. The van der Waals surface area contributed by atoms with Crippen molar-refractivity contribution in [1.29, 1.82) is 0 Å². The van der Waals surface area contributed by atoms with Crippen molar-refractivity contribution in [2.24, 2.45) is 0 Å². The minimum Gasteiger partial charge on any atom is -0.497 e. The van der Waals surface area contributed by atoms with Gasteiger partial charge >= 0.3 is 0 Å². The quantitative estimate of drug-likeness (QED) is 0.399. The molecule has 1 N–H and O–H groups in total. The zero-order valence-corrected chi connectivity index (χ0v) is 19.6. The van der Waals surface area contributed by atoms with Crippen molar-refractivity contribution in [3.63, 3.8) is 0 Å². The van der Waals surface area contributed by atoms with E-state index in [4.69, 9.17) is 25.8 Å². The highest BCUT2D eigenvalue weighted by Crippen LogP contribution is 2.52. The summed E-state index contributed by atoms with van der Waals surface area (Å²) in [6.45, 7) is 0. The van der Waals surface area contributed by atoms with Gasteiger partial charge in [0, 0.05) is 27.8 Å². The van der Waals surface area contributed by atoms with Crippen molar-refractivity contribution in [2.45, 2.75) is 12.1 Å². The van der Waals surface area contributed by atoms with Gasteiger partial charge in [-0.1, -0.05) is 23.7 Å². The molecule has 2 atom stereocenters. The maximum Gasteiger partial charge on any atom is 0.226 e. The van der Waals surface area contributed by atoms with Crippen LogP contribution >= 0.6 is 11.6 Å². The summed E-state index contributed by atoms with van der Waals surface area (Å²) in [5.41, 5.74) is 4.12. The molecule has 0 radical (unpaired) electrons. The monoisotopic (exact) mass is 490 g/mol. The van der Waals surface area contributed by atoms with Gasteiger partial charge in [0.2, 0.25) is 5.95 Å². The Hall–Kier alpha value is -4.04. The molecule has 7 nitrogen and oxygen atoms in total. The molecule has 3 heterocycles. The summed E-state index contributed by atoms with van der Waals surface area (Å²) in [7, 11) is 3.21. The fourth-order valence-corrected chi connectivity index (χ4v) is 4.87. The van der Waals surface area contributed by atoms with Gasteiger partial charge in [0.25, 0.3) is 0 Å². The normalized spacial score (nSPS) is 18.1. The van der Waals surface area contributed by atoms with Gasteiger partial charge in [-0.2, -0.15) is 10.1 Å². The zero-order chi connectivity index (χ0) is 24.1. The van der Waals surface area contributed by atoms with Crippen LogP contribution in [0.2, 0.25) is 5.02 Å². The first-order chi connectivity index (χ1) is 17.1. The van der Waals surface area contributed by atoms with Crippen molar-refractivity contribution < 1.29 is 18.6 Å². The molecule has 6 rings (SSSR count). The molecule has 0 saturated heterocycles. The second kappa shape index (κ2) is 8.32. The van der Waals surface area contributed by atoms with E-state index in [-0.39, 0.29) is 5.82 Å². The number of methoxy groups -OCH3 is 2. The zero-order valence-electron chi connectivity index (χ0n) is 18.8. The molecule has 1 aromatic heterocycles. The van der Waals surface area contributed by atoms with E-state index in [1.54, 1.807) is 37.1 Å². The molecule has 2 aliphatic rings. The van der Waals surface area contributed by atoms with E-state index in [1.165, 1.54) is 18.5 Å². The highest BCUT2D eigenvalue weighted by atomic mass is 35.5. The number of aromatic nitrogens is 3.